The summed E-state index contributed by atoms with van der Waals surface area (Å²) in [6.45, 7) is 7.25. The third kappa shape index (κ3) is 2.18. The van der Waals surface area contributed by atoms with Crippen LogP contribution in [0.4, 0.5) is 11.5 Å². The molecule has 1 aliphatic rings. The van der Waals surface area contributed by atoms with Gasteiger partial charge in [0.15, 0.2) is 5.65 Å². The summed E-state index contributed by atoms with van der Waals surface area (Å²) in [4.78, 5) is 7.18. The molecule has 0 saturated heterocycles. The van der Waals surface area contributed by atoms with Crippen molar-refractivity contribution in [1.29, 1.82) is 5.26 Å². The largest absolute Gasteiger partial charge is 0.327 e. The molecule has 1 aliphatic heterocycles. The van der Waals surface area contributed by atoms with E-state index < -0.39 is 0 Å². The van der Waals surface area contributed by atoms with E-state index in [4.69, 9.17) is 4.98 Å². The molecule has 0 aliphatic carbocycles. The van der Waals surface area contributed by atoms with Crippen molar-refractivity contribution < 1.29 is 0 Å². The number of anilines is 2. The van der Waals surface area contributed by atoms with Gasteiger partial charge in [0.05, 0.1) is 16.6 Å². The lowest BCUT2D eigenvalue weighted by Gasteiger charge is -2.23. The number of nitriles is 1. The molecule has 27 heavy (non-hydrogen) atoms. The zero-order chi connectivity index (χ0) is 18.7. The maximum atomic E-state index is 9.81. The van der Waals surface area contributed by atoms with Gasteiger partial charge >= 0.3 is 0 Å². The molecule has 4 heteroatoms. The molecule has 0 fully saturated rings. The number of fused-ring (bicyclic) bond motifs is 5. The highest BCUT2D eigenvalue weighted by Crippen LogP contribution is 2.40. The maximum Gasteiger partial charge on any atom is 0.157 e. The van der Waals surface area contributed by atoms with Crippen LogP contribution in [-0.4, -0.2) is 15.9 Å². The quantitative estimate of drug-likeness (QED) is 0.485. The Hall–Kier alpha value is -3.32. The lowest BCUT2D eigenvalue weighted by atomic mass is 10.0. The van der Waals surface area contributed by atoms with Gasteiger partial charge in [0, 0.05) is 12.2 Å². The fourth-order valence-corrected chi connectivity index (χ4v) is 4.43. The van der Waals surface area contributed by atoms with Crippen LogP contribution >= 0.6 is 0 Å². The first-order valence-electron chi connectivity index (χ1n) is 9.27. The molecule has 0 unspecified atom stereocenters. The molecule has 0 N–H and O–H groups in total. The summed E-state index contributed by atoms with van der Waals surface area (Å²) in [5.41, 5.74) is 9.45. The molecule has 0 atom stereocenters. The molecule has 0 saturated carbocycles. The van der Waals surface area contributed by atoms with Crippen LogP contribution in [0.5, 0.6) is 0 Å². The molecule has 5 rings (SSSR count). The number of pyridine rings is 1. The van der Waals surface area contributed by atoms with Gasteiger partial charge in [-0.05, 0) is 73.7 Å². The molecule has 0 bridgehead atoms. The lowest BCUT2D eigenvalue weighted by molar-refractivity contribution is 0.981. The third-order valence-corrected chi connectivity index (χ3v) is 5.56. The average Bonchev–Trinajstić information content (AvgIpc) is 3.22. The molecular formula is C23H20N4. The van der Waals surface area contributed by atoms with Crippen molar-refractivity contribution in [1.82, 2.24) is 9.38 Å². The van der Waals surface area contributed by atoms with E-state index in [1.807, 2.05) is 18.2 Å². The van der Waals surface area contributed by atoms with Gasteiger partial charge in [-0.3, -0.25) is 4.40 Å². The van der Waals surface area contributed by atoms with Crippen LogP contribution < -0.4 is 4.90 Å². The standard InChI is InChI=1S/C23H20N4/c1-14-10-15(2)12-17(11-14)26-9-8-18-16(3)19(13-24)22-25-20-6-4-5-7-21(20)27(22)23(18)26/h4-7,10-12H,8-9H2,1-3H3. The van der Waals surface area contributed by atoms with Crippen LogP contribution in [0.2, 0.25) is 0 Å². The number of hydrogen-bond acceptors (Lipinski definition) is 3. The van der Waals surface area contributed by atoms with Gasteiger partial charge in [-0.1, -0.05) is 18.2 Å². The Kier molecular flexibility index (Phi) is 3.29. The summed E-state index contributed by atoms with van der Waals surface area (Å²) >= 11 is 0. The first-order chi connectivity index (χ1) is 13.1. The molecule has 0 radical (unpaired) electrons. The summed E-state index contributed by atoms with van der Waals surface area (Å²) in [7, 11) is 0. The highest BCUT2D eigenvalue weighted by molar-refractivity contribution is 5.88. The van der Waals surface area contributed by atoms with Crippen molar-refractivity contribution in [2.45, 2.75) is 27.2 Å². The molecule has 4 nitrogen and oxygen atoms in total. The van der Waals surface area contributed by atoms with Gasteiger partial charge in [0.1, 0.15) is 11.9 Å². The fourth-order valence-electron chi connectivity index (χ4n) is 4.43. The monoisotopic (exact) mass is 352 g/mol. The highest BCUT2D eigenvalue weighted by atomic mass is 15.3. The molecule has 132 valence electrons. The van der Waals surface area contributed by atoms with E-state index in [0.717, 1.165) is 41.0 Å². The number of nitrogens with zero attached hydrogens (tertiary/aromatic N) is 4. The first kappa shape index (κ1) is 15.9. The minimum atomic E-state index is 0.687. The van der Waals surface area contributed by atoms with E-state index in [1.54, 1.807) is 0 Å². The van der Waals surface area contributed by atoms with Crippen LogP contribution in [0.25, 0.3) is 16.7 Å². The van der Waals surface area contributed by atoms with Gasteiger partial charge in [-0.2, -0.15) is 5.26 Å². The second-order valence-electron chi connectivity index (χ2n) is 7.42. The number of hydrogen-bond donors (Lipinski definition) is 0. The van der Waals surface area contributed by atoms with E-state index in [-0.39, 0.29) is 0 Å². The zero-order valence-corrected chi connectivity index (χ0v) is 15.7. The predicted molar refractivity (Wildman–Crippen MR) is 109 cm³/mol. The van der Waals surface area contributed by atoms with Gasteiger partial charge in [0.2, 0.25) is 0 Å². The van der Waals surface area contributed by atoms with Crippen molar-refractivity contribution in [3.8, 4) is 6.07 Å². The SMILES string of the molecule is Cc1cc(C)cc(N2CCc3c(C)c(C#N)c4nc5ccccc5n4c32)c1. The molecule has 2 aromatic heterocycles. The van der Waals surface area contributed by atoms with Crippen molar-refractivity contribution >= 4 is 28.2 Å². The molecule has 0 spiro atoms. The zero-order valence-electron chi connectivity index (χ0n) is 15.7. The van der Waals surface area contributed by atoms with Crippen molar-refractivity contribution in [2.24, 2.45) is 0 Å². The van der Waals surface area contributed by atoms with Gasteiger partial charge in [0.25, 0.3) is 0 Å². The summed E-state index contributed by atoms with van der Waals surface area (Å²) < 4.78 is 2.18. The van der Waals surface area contributed by atoms with E-state index in [2.05, 4.69) is 60.4 Å². The topological polar surface area (TPSA) is 44.3 Å². The number of imidazole rings is 1. The second kappa shape index (κ2) is 5.59. The highest BCUT2D eigenvalue weighted by Gasteiger charge is 2.29. The summed E-state index contributed by atoms with van der Waals surface area (Å²) in [5, 5.41) is 9.81. The lowest BCUT2D eigenvalue weighted by Crippen LogP contribution is -2.16. The van der Waals surface area contributed by atoms with E-state index in [9.17, 15) is 5.26 Å². The molecular weight excluding hydrogens is 332 g/mol. The van der Waals surface area contributed by atoms with Crippen LogP contribution in [-0.2, 0) is 6.42 Å². The number of rotatable bonds is 1. The average molecular weight is 352 g/mol. The Morgan fingerprint density at radius 1 is 1.04 bits per heavy atom. The number of para-hydroxylation sites is 2. The Morgan fingerprint density at radius 3 is 2.52 bits per heavy atom. The van der Waals surface area contributed by atoms with E-state index in [1.165, 1.54) is 22.4 Å². The molecule has 2 aromatic carbocycles. The number of aromatic nitrogens is 2. The van der Waals surface area contributed by atoms with Crippen LogP contribution in [0.15, 0.2) is 42.5 Å². The van der Waals surface area contributed by atoms with Crippen LogP contribution in [0.3, 0.4) is 0 Å². The molecule has 0 amide bonds. The predicted octanol–water partition coefficient (Wildman–Crippen LogP) is 4.98. The maximum absolute atomic E-state index is 9.81. The minimum absolute atomic E-state index is 0.687. The third-order valence-electron chi connectivity index (χ3n) is 5.56. The summed E-state index contributed by atoms with van der Waals surface area (Å²) in [6, 6.07) is 17.2. The van der Waals surface area contributed by atoms with Crippen molar-refractivity contribution in [3.05, 3.63) is 70.3 Å². The number of benzene rings is 2. The van der Waals surface area contributed by atoms with Gasteiger partial charge in [-0.15, -0.1) is 0 Å². The van der Waals surface area contributed by atoms with Crippen LogP contribution in [0, 0.1) is 32.1 Å². The Balaban J connectivity index is 1.91. The first-order valence-corrected chi connectivity index (χ1v) is 9.27. The number of aryl methyl sites for hydroxylation is 2. The van der Waals surface area contributed by atoms with Gasteiger partial charge in [-0.25, -0.2) is 4.98 Å². The molecule has 3 heterocycles. The fraction of sp³-hybridized carbons (Fsp3) is 0.217. The summed E-state index contributed by atoms with van der Waals surface area (Å²) in [6.07, 6.45) is 0.936. The summed E-state index contributed by atoms with van der Waals surface area (Å²) in [5.74, 6) is 1.15. The Morgan fingerprint density at radius 2 is 1.78 bits per heavy atom. The Labute approximate surface area is 158 Å². The van der Waals surface area contributed by atoms with E-state index in [0.29, 0.717) is 5.56 Å². The van der Waals surface area contributed by atoms with Crippen molar-refractivity contribution in [3.63, 3.8) is 0 Å². The second-order valence-corrected chi connectivity index (χ2v) is 7.42. The minimum Gasteiger partial charge on any atom is -0.327 e. The van der Waals surface area contributed by atoms with E-state index >= 15 is 0 Å². The molecule has 4 aromatic rings. The normalized spacial score (nSPS) is 13.3. The van der Waals surface area contributed by atoms with Gasteiger partial charge < -0.3 is 4.90 Å². The van der Waals surface area contributed by atoms with Crippen LogP contribution in [0.1, 0.15) is 27.8 Å². The smallest absolute Gasteiger partial charge is 0.157 e. The Bertz CT molecular complexity index is 1250. The van der Waals surface area contributed by atoms with Crippen molar-refractivity contribution in [2.75, 3.05) is 11.4 Å².